The zero-order valence-electron chi connectivity index (χ0n) is 15.6. The van der Waals surface area contributed by atoms with Crippen molar-refractivity contribution < 1.29 is 9.53 Å². The molecule has 0 bridgehead atoms. The standard InChI is InChI=1S/C22H24N2O2S/c1-24(2)20(21-9-6-14-27-21)15-23-22(25)18-10-12-19(13-11-18)26-16-17-7-4-3-5-8-17/h3-14,20H,15-16H2,1-2H3,(H,23,25). The van der Waals surface area contributed by atoms with Crippen molar-refractivity contribution in [1.82, 2.24) is 10.2 Å². The average molecular weight is 381 g/mol. The summed E-state index contributed by atoms with van der Waals surface area (Å²) >= 11 is 1.70. The molecule has 0 spiro atoms. The van der Waals surface area contributed by atoms with Crippen molar-refractivity contribution in [2.45, 2.75) is 12.6 Å². The number of likely N-dealkylation sites (N-methyl/N-ethyl adjacent to an activating group) is 1. The van der Waals surface area contributed by atoms with Crippen molar-refractivity contribution >= 4 is 17.2 Å². The van der Waals surface area contributed by atoms with Crippen LogP contribution in [-0.2, 0) is 6.61 Å². The Hall–Kier alpha value is -2.63. The second-order valence-electron chi connectivity index (χ2n) is 6.50. The second-order valence-corrected chi connectivity index (χ2v) is 7.48. The number of nitrogens with one attached hydrogen (secondary N) is 1. The summed E-state index contributed by atoms with van der Waals surface area (Å²) in [5.74, 6) is 0.674. The molecular formula is C22H24N2O2S. The molecule has 1 aromatic heterocycles. The lowest BCUT2D eigenvalue weighted by atomic mass is 10.2. The lowest BCUT2D eigenvalue weighted by molar-refractivity contribution is 0.0942. The van der Waals surface area contributed by atoms with Gasteiger partial charge in [0.2, 0.25) is 0 Å². The number of hydrogen-bond donors (Lipinski definition) is 1. The smallest absolute Gasteiger partial charge is 0.251 e. The largest absolute Gasteiger partial charge is 0.489 e. The summed E-state index contributed by atoms with van der Waals surface area (Å²) in [6, 6.07) is 21.6. The monoisotopic (exact) mass is 380 g/mol. The van der Waals surface area contributed by atoms with Crippen molar-refractivity contribution in [3.63, 3.8) is 0 Å². The highest BCUT2D eigenvalue weighted by Gasteiger charge is 2.16. The van der Waals surface area contributed by atoms with Gasteiger partial charge < -0.3 is 15.0 Å². The molecule has 0 aliphatic heterocycles. The van der Waals surface area contributed by atoms with Gasteiger partial charge in [0.1, 0.15) is 12.4 Å². The Morgan fingerprint density at radius 3 is 2.41 bits per heavy atom. The Morgan fingerprint density at radius 2 is 1.78 bits per heavy atom. The first kappa shape index (κ1) is 19.1. The number of ether oxygens (including phenoxy) is 1. The minimum Gasteiger partial charge on any atom is -0.489 e. The zero-order chi connectivity index (χ0) is 19.1. The van der Waals surface area contributed by atoms with E-state index in [1.807, 2.05) is 62.6 Å². The summed E-state index contributed by atoms with van der Waals surface area (Å²) in [6.45, 7) is 1.08. The van der Waals surface area contributed by atoms with Gasteiger partial charge >= 0.3 is 0 Å². The van der Waals surface area contributed by atoms with Gasteiger partial charge in [-0.25, -0.2) is 0 Å². The summed E-state index contributed by atoms with van der Waals surface area (Å²) in [6.07, 6.45) is 0. The quantitative estimate of drug-likeness (QED) is 0.631. The van der Waals surface area contributed by atoms with Crippen LogP contribution in [0.25, 0.3) is 0 Å². The molecule has 0 aliphatic rings. The molecule has 0 fully saturated rings. The van der Waals surface area contributed by atoms with E-state index in [2.05, 4.69) is 21.7 Å². The van der Waals surface area contributed by atoms with Crippen molar-refractivity contribution in [1.29, 1.82) is 0 Å². The van der Waals surface area contributed by atoms with Gasteiger partial charge in [-0.1, -0.05) is 36.4 Å². The van der Waals surface area contributed by atoms with Gasteiger partial charge in [-0.3, -0.25) is 4.79 Å². The highest BCUT2D eigenvalue weighted by Crippen LogP contribution is 2.22. The topological polar surface area (TPSA) is 41.6 Å². The summed E-state index contributed by atoms with van der Waals surface area (Å²) in [4.78, 5) is 15.8. The van der Waals surface area contributed by atoms with Crippen molar-refractivity contribution in [3.8, 4) is 5.75 Å². The van der Waals surface area contributed by atoms with Crippen LogP contribution in [0.4, 0.5) is 0 Å². The molecule has 1 atom stereocenters. The summed E-state index contributed by atoms with van der Waals surface area (Å²) < 4.78 is 5.77. The van der Waals surface area contributed by atoms with E-state index in [0.717, 1.165) is 11.3 Å². The Kier molecular flexibility index (Phi) is 6.63. The molecule has 4 nitrogen and oxygen atoms in total. The van der Waals surface area contributed by atoms with E-state index in [1.165, 1.54) is 4.88 Å². The van der Waals surface area contributed by atoms with Crippen LogP contribution in [0.15, 0.2) is 72.1 Å². The molecule has 0 saturated heterocycles. The van der Waals surface area contributed by atoms with E-state index in [0.29, 0.717) is 18.7 Å². The summed E-state index contributed by atoms with van der Waals surface area (Å²) in [5.41, 5.74) is 1.74. The first-order valence-electron chi connectivity index (χ1n) is 8.88. The molecule has 140 valence electrons. The summed E-state index contributed by atoms with van der Waals surface area (Å²) in [7, 11) is 4.05. The second kappa shape index (κ2) is 9.35. The number of carbonyl (C=O) groups is 1. The van der Waals surface area contributed by atoms with Crippen LogP contribution >= 0.6 is 11.3 Å². The molecule has 1 heterocycles. The Bertz CT molecular complexity index is 831. The van der Waals surface area contributed by atoms with Gasteiger partial charge in [0.05, 0.1) is 6.04 Å². The fraction of sp³-hybridized carbons (Fsp3) is 0.227. The van der Waals surface area contributed by atoms with Gasteiger partial charge in [0.15, 0.2) is 0 Å². The molecule has 1 unspecified atom stereocenters. The molecule has 0 radical (unpaired) electrons. The van der Waals surface area contributed by atoms with E-state index in [1.54, 1.807) is 23.5 Å². The van der Waals surface area contributed by atoms with Gasteiger partial charge in [0.25, 0.3) is 5.91 Å². The Morgan fingerprint density at radius 1 is 1.04 bits per heavy atom. The normalized spacial score (nSPS) is 12.0. The van der Waals surface area contributed by atoms with Crippen molar-refractivity contribution in [3.05, 3.63) is 88.1 Å². The first-order chi connectivity index (χ1) is 13.1. The third kappa shape index (κ3) is 5.42. The zero-order valence-corrected chi connectivity index (χ0v) is 16.4. The third-order valence-corrected chi connectivity index (χ3v) is 5.29. The number of carbonyl (C=O) groups excluding carboxylic acids is 1. The van der Waals surface area contributed by atoms with E-state index in [-0.39, 0.29) is 11.9 Å². The van der Waals surface area contributed by atoms with Crippen molar-refractivity contribution in [2.24, 2.45) is 0 Å². The lowest BCUT2D eigenvalue weighted by Crippen LogP contribution is -2.34. The van der Waals surface area contributed by atoms with Crippen LogP contribution in [-0.4, -0.2) is 31.4 Å². The maximum atomic E-state index is 12.5. The van der Waals surface area contributed by atoms with Gasteiger partial charge in [-0.05, 0) is 55.4 Å². The fourth-order valence-corrected chi connectivity index (χ4v) is 3.68. The SMILES string of the molecule is CN(C)C(CNC(=O)c1ccc(OCc2ccccc2)cc1)c1cccs1. The molecule has 1 N–H and O–H groups in total. The van der Waals surface area contributed by atoms with Crippen LogP contribution in [0.5, 0.6) is 5.75 Å². The van der Waals surface area contributed by atoms with Gasteiger partial charge in [0, 0.05) is 17.0 Å². The molecular weight excluding hydrogens is 356 g/mol. The predicted molar refractivity (Wildman–Crippen MR) is 110 cm³/mol. The number of amides is 1. The van der Waals surface area contributed by atoms with Crippen LogP contribution < -0.4 is 10.1 Å². The molecule has 3 rings (SSSR count). The van der Waals surface area contributed by atoms with E-state index >= 15 is 0 Å². The molecule has 1 amide bonds. The number of hydrogen-bond acceptors (Lipinski definition) is 4. The maximum absolute atomic E-state index is 12.5. The number of thiophene rings is 1. The number of benzene rings is 2. The van der Waals surface area contributed by atoms with E-state index in [4.69, 9.17) is 4.74 Å². The number of rotatable bonds is 8. The Labute approximate surface area is 164 Å². The fourth-order valence-electron chi connectivity index (χ4n) is 2.75. The van der Waals surface area contributed by atoms with Crippen LogP contribution in [0.3, 0.4) is 0 Å². The molecule has 2 aromatic carbocycles. The minimum absolute atomic E-state index is 0.0759. The lowest BCUT2D eigenvalue weighted by Gasteiger charge is -2.23. The Balaban J connectivity index is 1.54. The highest BCUT2D eigenvalue weighted by atomic mass is 32.1. The van der Waals surface area contributed by atoms with Gasteiger partial charge in [-0.15, -0.1) is 11.3 Å². The molecule has 0 aliphatic carbocycles. The van der Waals surface area contributed by atoms with E-state index in [9.17, 15) is 4.79 Å². The molecule has 5 heteroatoms. The highest BCUT2D eigenvalue weighted by molar-refractivity contribution is 7.10. The molecule has 0 saturated carbocycles. The van der Waals surface area contributed by atoms with Crippen molar-refractivity contribution in [2.75, 3.05) is 20.6 Å². The summed E-state index contributed by atoms with van der Waals surface area (Å²) in [5, 5.41) is 5.09. The average Bonchev–Trinajstić information content (AvgIpc) is 3.22. The van der Waals surface area contributed by atoms with Crippen LogP contribution in [0.1, 0.15) is 26.8 Å². The molecule has 27 heavy (non-hydrogen) atoms. The minimum atomic E-state index is -0.0759. The molecule has 3 aromatic rings. The van der Waals surface area contributed by atoms with Crippen LogP contribution in [0.2, 0.25) is 0 Å². The first-order valence-corrected chi connectivity index (χ1v) is 9.76. The van der Waals surface area contributed by atoms with Crippen LogP contribution in [0, 0.1) is 0 Å². The van der Waals surface area contributed by atoms with Gasteiger partial charge in [-0.2, -0.15) is 0 Å². The number of nitrogens with zero attached hydrogens (tertiary/aromatic N) is 1. The maximum Gasteiger partial charge on any atom is 0.251 e. The van der Waals surface area contributed by atoms with E-state index < -0.39 is 0 Å². The predicted octanol–water partition coefficient (Wildman–Crippen LogP) is 4.36. The third-order valence-electron chi connectivity index (χ3n) is 4.32.